The number of aromatic amines is 1. The zero-order valence-electron chi connectivity index (χ0n) is 13.4. The Balaban J connectivity index is 1.84. The number of hydrogen-bond acceptors (Lipinski definition) is 2. The largest absolute Gasteiger partial charge is 0.358 e. The standard InChI is InChI=1S/C18H18N4O2/c1-10-11(2)20-16-7-6-12(8-15(10)16)17(23)21-13-4-3-5-14(9-13)22-18(19)24/h3-9,20H,1-2H3,(H,21,23)(H3,19,22,24). The maximum Gasteiger partial charge on any atom is 0.316 e. The van der Waals surface area contributed by atoms with E-state index in [9.17, 15) is 9.59 Å². The van der Waals surface area contributed by atoms with E-state index in [0.717, 1.165) is 22.2 Å². The van der Waals surface area contributed by atoms with Gasteiger partial charge in [-0.15, -0.1) is 0 Å². The van der Waals surface area contributed by atoms with E-state index in [1.54, 1.807) is 30.3 Å². The van der Waals surface area contributed by atoms with Gasteiger partial charge in [-0.2, -0.15) is 0 Å². The van der Waals surface area contributed by atoms with E-state index in [1.807, 2.05) is 26.0 Å². The Morgan fingerprint density at radius 2 is 1.71 bits per heavy atom. The first kappa shape index (κ1) is 15.6. The number of hydrogen-bond donors (Lipinski definition) is 4. The van der Waals surface area contributed by atoms with Gasteiger partial charge in [0.2, 0.25) is 0 Å². The minimum Gasteiger partial charge on any atom is -0.358 e. The lowest BCUT2D eigenvalue weighted by Crippen LogP contribution is -2.19. The lowest BCUT2D eigenvalue weighted by atomic mass is 10.1. The molecule has 3 rings (SSSR count). The van der Waals surface area contributed by atoms with Crippen molar-refractivity contribution in [3.05, 3.63) is 59.3 Å². The summed E-state index contributed by atoms with van der Waals surface area (Å²) in [6.45, 7) is 4.03. The van der Waals surface area contributed by atoms with Crippen LogP contribution >= 0.6 is 0 Å². The van der Waals surface area contributed by atoms with Gasteiger partial charge in [0.1, 0.15) is 0 Å². The third-order valence-corrected chi connectivity index (χ3v) is 3.96. The summed E-state index contributed by atoms with van der Waals surface area (Å²) in [6.07, 6.45) is 0. The van der Waals surface area contributed by atoms with E-state index in [-0.39, 0.29) is 5.91 Å². The molecule has 0 fully saturated rings. The van der Waals surface area contributed by atoms with E-state index in [1.165, 1.54) is 0 Å². The van der Waals surface area contributed by atoms with Gasteiger partial charge in [-0.3, -0.25) is 4.79 Å². The van der Waals surface area contributed by atoms with Gasteiger partial charge in [-0.05, 0) is 55.8 Å². The highest BCUT2D eigenvalue weighted by atomic mass is 16.2. The Morgan fingerprint density at radius 3 is 2.42 bits per heavy atom. The fraction of sp³-hybridized carbons (Fsp3) is 0.111. The SMILES string of the molecule is Cc1[nH]c2ccc(C(=O)Nc3cccc(NC(N)=O)c3)cc2c1C. The Labute approximate surface area is 139 Å². The molecule has 0 bridgehead atoms. The zero-order valence-corrected chi connectivity index (χ0v) is 13.4. The molecule has 122 valence electrons. The minimum absolute atomic E-state index is 0.216. The Hall–Kier alpha value is -3.28. The van der Waals surface area contributed by atoms with Crippen molar-refractivity contribution < 1.29 is 9.59 Å². The topological polar surface area (TPSA) is 100 Å². The Morgan fingerprint density at radius 1 is 1.00 bits per heavy atom. The van der Waals surface area contributed by atoms with Crippen molar-refractivity contribution in [1.29, 1.82) is 0 Å². The molecular formula is C18H18N4O2. The summed E-state index contributed by atoms with van der Waals surface area (Å²) < 4.78 is 0. The smallest absolute Gasteiger partial charge is 0.316 e. The van der Waals surface area contributed by atoms with E-state index in [4.69, 9.17) is 5.73 Å². The third-order valence-electron chi connectivity index (χ3n) is 3.96. The molecule has 2 aromatic carbocycles. The van der Waals surface area contributed by atoms with Crippen LogP contribution in [-0.2, 0) is 0 Å². The van der Waals surface area contributed by atoms with Crippen LogP contribution in [0.25, 0.3) is 10.9 Å². The number of urea groups is 1. The third kappa shape index (κ3) is 3.08. The normalized spacial score (nSPS) is 10.6. The van der Waals surface area contributed by atoms with E-state index in [0.29, 0.717) is 16.9 Å². The summed E-state index contributed by atoms with van der Waals surface area (Å²) in [7, 11) is 0. The van der Waals surface area contributed by atoms with Crippen LogP contribution in [0.4, 0.5) is 16.2 Å². The summed E-state index contributed by atoms with van der Waals surface area (Å²) in [4.78, 5) is 26.7. The second-order valence-corrected chi connectivity index (χ2v) is 5.66. The van der Waals surface area contributed by atoms with Crippen LogP contribution < -0.4 is 16.4 Å². The molecule has 3 amide bonds. The molecule has 0 saturated carbocycles. The fourth-order valence-corrected chi connectivity index (χ4v) is 2.62. The van der Waals surface area contributed by atoms with Crippen LogP contribution in [0.15, 0.2) is 42.5 Å². The van der Waals surface area contributed by atoms with Crippen molar-refractivity contribution in [2.75, 3.05) is 10.6 Å². The molecule has 3 aromatic rings. The van der Waals surface area contributed by atoms with Gasteiger partial charge < -0.3 is 21.4 Å². The summed E-state index contributed by atoms with van der Waals surface area (Å²) in [5.74, 6) is -0.216. The van der Waals surface area contributed by atoms with Gasteiger partial charge in [-0.1, -0.05) is 6.07 Å². The van der Waals surface area contributed by atoms with Crippen molar-refractivity contribution in [1.82, 2.24) is 4.98 Å². The summed E-state index contributed by atoms with van der Waals surface area (Å²) in [6, 6.07) is 11.7. The predicted molar refractivity (Wildman–Crippen MR) is 95.4 cm³/mol. The number of H-pyrrole nitrogens is 1. The highest BCUT2D eigenvalue weighted by Crippen LogP contribution is 2.23. The molecule has 0 aliphatic rings. The molecule has 0 aliphatic heterocycles. The Bertz CT molecular complexity index is 943. The lowest BCUT2D eigenvalue weighted by Gasteiger charge is -2.08. The van der Waals surface area contributed by atoms with Crippen LogP contribution in [0.1, 0.15) is 21.6 Å². The van der Waals surface area contributed by atoms with Crippen LogP contribution in [0.3, 0.4) is 0 Å². The first-order valence-corrected chi connectivity index (χ1v) is 7.51. The number of carbonyl (C=O) groups is 2. The van der Waals surface area contributed by atoms with Crippen molar-refractivity contribution in [3.63, 3.8) is 0 Å². The zero-order chi connectivity index (χ0) is 17.3. The Kier molecular flexibility index (Phi) is 3.95. The summed E-state index contributed by atoms with van der Waals surface area (Å²) >= 11 is 0. The molecule has 6 heteroatoms. The average Bonchev–Trinajstić information content (AvgIpc) is 2.81. The van der Waals surface area contributed by atoms with Gasteiger partial charge in [0, 0.05) is 33.5 Å². The van der Waals surface area contributed by atoms with Crippen LogP contribution in [0.2, 0.25) is 0 Å². The number of fused-ring (bicyclic) bond motifs is 1. The number of primary amides is 1. The number of rotatable bonds is 3. The molecule has 0 saturated heterocycles. The number of anilines is 2. The monoisotopic (exact) mass is 322 g/mol. The maximum atomic E-state index is 12.5. The summed E-state index contributed by atoms with van der Waals surface area (Å²) in [5.41, 5.74) is 9.99. The molecule has 0 unspecified atom stereocenters. The highest BCUT2D eigenvalue weighted by Gasteiger charge is 2.10. The minimum atomic E-state index is -0.651. The number of nitrogens with one attached hydrogen (secondary N) is 3. The van der Waals surface area contributed by atoms with Gasteiger partial charge in [0.05, 0.1) is 0 Å². The van der Waals surface area contributed by atoms with Crippen molar-refractivity contribution in [2.45, 2.75) is 13.8 Å². The first-order chi connectivity index (χ1) is 11.4. The quantitative estimate of drug-likeness (QED) is 0.593. The molecule has 1 heterocycles. The lowest BCUT2D eigenvalue weighted by molar-refractivity contribution is 0.102. The first-order valence-electron chi connectivity index (χ1n) is 7.51. The molecule has 5 N–H and O–H groups in total. The number of aryl methyl sites for hydroxylation is 2. The van der Waals surface area contributed by atoms with Crippen molar-refractivity contribution in [2.24, 2.45) is 5.73 Å². The van der Waals surface area contributed by atoms with E-state index < -0.39 is 6.03 Å². The number of carbonyl (C=O) groups excluding carboxylic acids is 2. The molecule has 0 spiro atoms. The van der Waals surface area contributed by atoms with E-state index in [2.05, 4.69) is 15.6 Å². The van der Waals surface area contributed by atoms with Gasteiger partial charge in [-0.25, -0.2) is 4.79 Å². The molecule has 0 atom stereocenters. The molecule has 0 radical (unpaired) electrons. The number of amides is 3. The second-order valence-electron chi connectivity index (χ2n) is 5.66. The molecule has 24 heavy (non-hydrogen) atoms. The van der Waals surface area contributed by atoms with Crippen molar-refractivity contribution in [3.8, 4) is 0 Å². The maximum absolute atomic E-state index is 12.5. The number of aromatic nitrogens is 1. The van der Waals surface area contributed by atoms with Crippen molar-refractivity contribution >= 4 is 34.2 Å². The molecule has 0 aliphatic carbocycles. The predicted octanol–water partition coefficient (Wildman–Crippen LogP) is 3.53. The molecular weight excluding hydrogens is 304 g/mol. The van der Waals surface area contributed by atoms with Gasteiger partial charge >= 0.3 is 6.03 Å². The van der Waals surface area contributed by atoms with E-state index >= 15 is 0 Å². The highest BCUT2D eigenvalue weighted by molar-refractivity contribution is 6.07. The van der Waals surface area contributed by atoms with Gasteiger partial charge in [0.15, 0.2) is 0 Å². The van der Waals surface area contributed by atoms with Crippen LogP contribution in [-0.4, -0.2) is 16.9 Å². The van der Waals surface area contributed by atoms with Gasteiger partial charge in [0.25, 0.3) is 5.91 Å². The molecule has 1 aromatic heterocycles. The average molecular weight is 322 g/mol. The number of benzene rings is 2. The van der Waals surface area contributed by atoms with Crippen LogP contribution in [0.5, 0.6) is 0 Å². The van der Waals surface area contributed by atoms with Crippen LogP contribution in [0, 0.1) is 13.8 Å². The number of nitrogens with two attached hydrogens (primary N) is 1. The summed E-state index contributed by atoms with van der Waals surface area (Å²) in [5, 5.41) is 6.33. The molecule has 6 nitrogen and oxygen atoms in total. The fourth-order valence-electron chi connectivity index (χ4n) is 2.62. The second kappa shape index (κ2) is 6.08.